The van der Waals surface area contributed by atoms with Crippen LogP contribution in [0.2, 0.25) is 0 Å². The van der Waals surface area contributed by atoms with Crippen LogP contribution in [0.25, 0.3) is 16.8 Å². The van der Waals surface area contributed by atoms with Gasteiger partial charge >= 0.3 is 0 Å². The fraction of sp³-hybridized carbons (Fsp3) is 0.182. The molecule has 0 amide bonds. The average molecular weight is 301 g/mol. The van der Waals surface area contributed by atoms with E-state index in [1.165, 1.54) is 21.9 Å². The van der Waals surface area contributed by atoms with E-state index >= 15 is 0 Å². The standard InChI is InChI=1S/C22H23N/c1-23(17-8-11-19-9-3-2-4-10-19)18-16-21-14-7-13-20-12-5-6-15-22(20)21/h2-15H,16-18H2,1H3/b11-8+. The summed E-state index contributed by atoms with van der Waals surface area (Å²) in [6, 6.07) is 25.7. The summed E-state index contributed by atoms with van der Waals surface area (Å²) in [4.78, 5) is 2.36. The molecule has 0 radical (unpaired) electrons. The second-order valence-corrected chi connectivity index (χ2v) is 5.96. The van der Waals surface area contributed by atoms with E-state index in [9.17, 15) is 0 Å². The molecule has 0 aliphatic carbocycles. The summed E-state index contributed by atoms with van der Waals surface area (Å²) >= 11 is 0. The van der Waals surface area contributed by atoms with Crippen LogP contribution in [0.5, 0.6) is 0 Å². The van der Waals surface area contributed by atoms with Crippen molar-refractivity contribution < 1.29 is 0 Å². The summed E-state index contributed by atoms with van der Waals surface area (Å²) in [5.74, 6) is 0. The molecule has 0 aromatic heterocycles. The molecule has 0 heterocycles. The normalized spacial score (nSPS) is 11.6. The summed E-state index contributed by atoms with van der Waals surface area (Å²) < 4.78 is 0. The number of rotatable bonds is 6. The molecule has 3 rings (SSSR count). The van der Waals surface area contributed by atoms with Crippen LogP contribution in [-0.2, 0) is 6.42 Å². The van der Waals surface area contributed by atoms with Gasteiger partial charge in [0, 0.05) is 13.1 Å². The van der Waals surface area contributed by atoms with Gasteiger partial charge in [0.2, 0.25) is 0 Å². The Labute approximate surface area is 138 Å². The molecular formula is C22H23N. The lowest BCUT2D eigenvalue weighted by Gasteiger charge is -2.15. The van der Waals surface area contributed by atoms with Crippen molar-refractivity contribution in [2.24, 2.45) is 0 Å². The van der Waals surface area contributed by atoms with E-state index in [0.29, 0.717) is 0 Å². The summed E-state index contributed by atoms with van der Waals surface area (Å²) in [5.41, 5.74) is 2.69. The van der Waals surface area contributed by atoms with Crippen molar-refractivity contribution in [3.8, 4) is 0 Å². The molecule has 1 nitrogen and oxygen atoms in total. The highest BCUT2D eigenvalue weighted by atomic mass is 15.1. The molecule has 0 saturated heterocycles. The van der Waals surface area contributed by atoms with Crippen LogP contribution in [0.1, 0.15) is 11.1 Å². The molecule has 0 aliphatic rings. The predicted molar refractivity (Wildman–Crippen MR) is 101 cm³/mol. The Kier molecular flexibility index (Phi) is 5.23. The summed E-state index contributed by atoms with van der Waals surface area (Å²) in [6.07, 6.45) is 5.50. The molecule has 3 aromatic carbocycles. The zero-order valence-corrected chi connectivity index (χ0v) is 13.7. The highest BCUT2D eigenvalue weighted by molar-refractivity contribution is 5.85. The summed E-state index contributed by atoms with van der Waals surface area (Å²) in [6.45, 7) is 2.03. The van der Waals surface area contributed by atoms with Crippen LogP contribution in [0.4, 0.5) is 0 Å². The van der Waals surface area contributed by atoms with Gasteiger partial charge in [0.25, 0.3) is 0 Å². The first kappa shape index (κ1) is 15.5. The van der Waals surface area contributed by atoms with E-state index in [1.807, 2.05) is 6.07 Å². The van der Waals surface area contributed by atoms with E-state index in [1.54, 1.807) is 0 Å². The fourth-order valence-electron chi connectivity index (χ4n) is 2.85. The zero-order valence-electron chi connectivity index (χ0n) is 13.7. The number of fused-ring (bicyclic) bond motifs is 1. The van der Waals surface area contributed by atoms with Gasteiger partial charge in [0.05, 0.1) is 0 Å². The molecule has 0 fully saturated rings. The maximum absolute atomic E-state index is 2.36. The first-order chi connectivity index (χ1) is 11.3. The predicted octanol–water partition coefficient (Wildman–Crippen LogP) is 5.03. The molecule has 0 aliphatic heterocycles. The van der Waals surface area contributed by atoms with Crippen LogP contribution in [0.3, 0.4) is 0 Å². The molecule has 0 spiro atoms. The average Bonchev–Trinajstić information content (AvgIpc) is 2.61. The van der Waals surface area contributed by atoms with E-state index in [0.717, 1.165) is 19.5 Å². The van der Waals surface area contributed by atoms with Crippen molar-refractivity contribution in [1.82, 2.24) is 4.90 Å². The van der Waals surface area contributed by atoms with Gasteiger partial charge in [-0.1, -0.05) is 84.9 Å². The largest absolute Gasteiger partial charge is 0.302 e. The van der Waals surface area contributed by atoms with Crippen LogP contribution in [0.15, 0.2) is 78.9 Å². The third kappa shape index (κ3) is 4.30. The van der Waals surface area contributed by atoms with Crippen molar-refractivity contribution in [2.45, 2.75) is 6.42 Å². The van der Waals surface area contributed by atoms with Gasteiger partial charge in [-0.2, -0.15) is 0 Å². The molecular weight excluding hydrogens is 278 g/mol. The topological polar surface area (TPSA) is 3.24 Å². The summed E-state index contributed by atoms with van der Waals surface area (Å²) in [7, 11) is 2.18. The van der Waals surface area contributed by atoms with Gasteiger partial charge in [-0.3, -0.25) is 0 Å². The van der Waals surface area contributed by atoms with E-state index in [-0.39, 0.29) is 0 Å². The summed E-state index contributed by atoms with van der Waals surface area (Å²) in [5, 5.41) is 2.71. The lowest BCUT2D eigenvalue weighted by Crippen LogP contribution is -2.21. The highest BCUT2D eigenvalue weighted by Crippen LogP contribution is 2.19. The van der Waals surface area contributed by atoms with E-state index in [2.05, 4.69) is 90.8 Å². The molecule has 23 heavy (non-hydrogen) atoms. The minimum Gasteiger partial charge on any atom is -0.302 e. The van der Waals surface area contributed by atoms with E-state index < -0.39 is 0 Å². The SMILES string of the molecule is CN(C/C=C/c1ccccc1)CCc1cccc2ccccc12. The number of hydrogen-bond donors (Lipinski definition) is 0. The monoisotopic (exact) mass is 301 g/mol. The second-order valence-electron chi connectivity index (χ2n) is 5.96. The third-order valence-electron chi connectivity index (χ3n) is 4.17. The number of likely N-dealkylation sites (N-methyl/N-ethyl adjacent to an activating group) is 1. The van der Waals surface area contributed by atoms with Gasteiger partial charge in [0.1, 0.15) is 0 Å². The van der Waals surface area contributed by atoms with Crippen LogP contribution >= 0.6 is 0 Å². The van der Waals surface area contributed by atoms with Crippen molar-refractivity contribution >= 4 is 16.8 Å². The molecule has 0 unspecified atom stereocenters. The van der Waals surface area contributed by atoms with Crippen LogP contribution in [0, 0.1) is 0 Å². The van der Waals surface area contributed by atoms with Crippen molar-refractivity contribution in [3.63, 3.8) is 0 Å². The molecule has 0 bridgehead atoms. The smallest absolute Gasteiger partial charge is 0.0163 e. The van der Waals surface area contributed by atoms with Crippen molar-refractivity contribution in [3.05, 3.63) is 90.0 Å². The van der Waals surface area contributed by atoms with Gasteiger partial charge in [-0.15, -0.1) is 0 Å². The first-order valence-corrected chi connectivity index (χ1v) is 8.20. The molecule has 116 valence electrons. The molecule has 0 atom stereocenters. The molecule has 0 saturated carbocycles. The van der Waals surface area contributed by atoms with Crippen molar-refractivity contribution in [2.75, 3.05) is 20.1 Å². The van der Waals surface area contributed by atoms with Crippen molar-refractivity contribution in [1.29, 1.82) is 0 Å². The lowest BCUT2D eigenvalue weighted by molar-refractivity contribution is 0.376. The molecule has 0 N–H and O–H groups in total. The van der Waals surface area contributed by atoms with Gasteiger partial charge in [-0.05, 0) is 35.4 Å². The maximum atomic E-state index is 2.36. The third-order valence-corrected chi connectivity index (χ3v) is 4.17. The zero-order chi connectivity index (χ0) is 15.9. The Morgan fingerprint density at radius 1 is 0.826 bits per heavy atom. The lowest BCUT2D eigenvalue weighted by atomic mass is 10.0. The van der Waals surface area contributed by atoms with Crippen LogP contribution < -0.4 is 0 Å². The first-order valence-electron chi connectivity index (χ1n) is 8.20. The molecule has 3 aromatic rings. The fourth-order valence-corrected chi connectivity index (χ4v) is 2.85. The van der Waals surface area contributed by atoms with Gasteiger partial charge in [0.15, 0.2) is 0 Å². The van der Waals surface area contributed by atoms with E-state index in [4.69, 9.17) is 0 Å². The van der Waals surface area contributed by atoms with Gasteiger partial charge in [-0.25, -0.2) is 0 Å². The Morgan fingerprint density at radius 3 is 2.43 bits per heavy atom. The Balaban J connectivity index is 1.56. The number of hydrogen-bond acceptors (Lipinski definition) is 1. The van der Waals surface area contributed by atoms with Crippen LogP contribution in [-0.4, -0.2) is 25.0 Å². The number of nitrogens with zero attached hydrogens (tertiary/aromatic N) is 1. The Bertz CT molecular complexity index is 769. The van der Waals surface area contributed by atoms with Gasteiger partial charge < -0.3 is 4.90 Å². The maximum Gasteiger partial charge on any atom is 0.0163 e. The second kappa shape index (κ2) is 7.75. The highest BCUT2D eigenvalue weighted by Gasteiger charge is 2.02. The Hall–Kier alpha value is -2.38. The minimum atomic E-state index is 0.972. The quantitative estimate of drug-likeness (QED) is 0.617. The minimum absolute atomic E-state index is 0.972. The number of benzene rings is 3. The molecule has 1 heteroatoms. The Morgan fingerprint density at radius 2 is 1.57 bits per heavy atom.